The number of piperazine rings is 1. The molecular weight excluding hydrogens is 252 g/mol. The van der Waals surface area contributed by atoms with E-state index in [4.69, 9.17) is 4.74 Å². The van der Waals surface area contributed by atoms with Gasteiger partial charge in [-0.25, -0.2) is 4.98 Å². The SMILES string of the molecule is Cc1cnc(Oc2ccc(N3CCNCC3)cc2)cn1. The maximum Gasteiger partial charge on any atom is 0.237 e. The number of anilines is 1. The second-order valence-corrected chi connectivity index (χ2v) is 4.83. The van der Waals surface area contributed by atoms with Crippen LogP contribution in [0.3, 0.4) is 0 Å². The van der Waals surface area contributed by atoms with Crippen LogP contribution in [0.4, 0.5) is 5.69 Å². The number of aromatic nitrogens is 2. The molecule has 0 bridgehead atoms. The molecule has 2 heterocycles. The standard InChI is InChI=1S/C15H18N4O/c1-12-10-18-15(11-17-12)20-14-4-2-13(3-5-14)19-8-6-16-7-9-19/h2-5,10-11,16H,6-9H2,1H3. The summed E-state index contributed by atoms with van der Waals surface area (Å²) in [5, 5.41) is 3.35. The molecule has 5 nitrogen and oxygen atoms in total. The Bertz CT molecular complexity index is 547. The first-order chi connectivity index (χ1) is 9.81. The van der Waals surface area contributed by atoms with Crippen molar-refractivity contribution in [2.45, 2.75) is 6.92 Å². The molecule has 1 aromatic carbocycles. The molecule has 0 saturated carbocycles. The van der Waals surface area contributed by atoms with E-state index < -0.39 is 0 Å². The molecule has 0 spiro atoms. The molecule has 0 atom stereocenters. The van der Waals surface area contributed by atoms with Crippen LogP contribution in [-0.2, 0) is 0 Å². The monoisotopic (exact) mass is 270 g/mol. The lowest BCUT2D eigenvalue weighted by Gasteiger charge is -2.29. The highest BCUT2D eigenvalue weighted by Crippen LogP contribution is 2.23. The van der Waals surface area contributed by atoms with Crippen LogP contribution in [0.1, 0.15) is 5.69 Å². The fourth-order valence-electron chi connectivity index (χ4n) is 2.20. The number of nitrogens with zero attached hydrogens (tertiary/aromatic N) is 3. The Balaban J connectivity index is 1.67. The van der Waals surface area contributed by atoms with Crippen LogP contribution < -0.4 is 15.0 Å². The van der Waals surface area contributed by atoms with E-state index in [0.717, 1.165) is 37.6 Å². The van der Waals surface area contributed by atoms with Gasteiger partial charge < -0.3 is 15.0 Å². The average Bonchev–Trinajstić information content (AvgIpc) is 2.51. The molecule has 1 N–H and O–H groups in total. The van der Waals surface area contributed by atoms with E-state index in [2.05, 4.69) is 32.3 Å². The number of benzene rings is 1. The van der Waals surface area contributed by atoms with Crippen molar-refractivity contribution >= 4 is 5.69 Å². The van der Waals surface area contributed by atoms with Gasteiger partial charge in [0.1, 0.15) is 5.75 Å². The van der Waals surface area contributed by atoms with Crippen LogP contribution in [0.5, 0.6) is 11.6 Å². The van der Waals surface area contributed by atoms with E-state index in [-0.39, 0.29) is 0 Å². The molecule has 0 aliphatic carbocycles. The van der Waals surface area contributed by atoms with Crippen molar-refractivity contribution < 1.29 is 4.74 Å². The normalized spacial score (nSPS) is 15.2. The Hall–Kier alpha value is -2.14. The molecule has 1 fully saturated rings. The number of aryl methyl sites for hydroxylation is 1. The molecule has 20 heavy (non-hydrogen) atoms. The minimum atomic E-state index is 0.519. The first kappa shape index (κ1) is 12.9. The van der Waals surface area contributed by atoms with E-state index in [0.29, 0.717) is 5.88 Å². The zero-order chi connectivity index (χ0) is 13.8. The van der Waals surface area contributed by atoms with Crippen LogP contribution >= 0.6 is 0 Å². The lowest BCUT2D eigenvalue weighted by molar-refractivity contribution is 0.459. The molecule has 1 aromatic heterocycles. The van der Waals surface area contributed by atoms with Crippen LogP contribution in [0.15, 0.2) is 36.7 Å². The second kappa shape index (κ2) is 5.88. The van der Waals surface area contributed by atoms with Gasteiger partial charge >= 0.3 is 0 Å². The van der Waals surface area contributed by atoms with Crippen LogP contribution in [-0.4, -0.2) is 36.1 Å². The zero-order valence-corrected chi connectivity index (χ0v) is 11.5. The molecule has 1 saturated heterocycles. The van der Waals surface area contributed by atoms with Crippen LogP contribution in [0.2, 0.25) is 0 Å². The van der Waals surface area contributed by atoms with E-state index in [9.17, 15) is 0 Å². The lowest BCUT2D eigenvalue weighted by Crippen LogP contribution is -2.43. The first-order valence-electron chi connectivity index (χ1n) is 6.83. The first-order valence-corrected chi connectivity index (χ1v) is 6.83. The number of rotatable bonds is 3. The average molecular weight is 270 g/mol. The summed E-state index contributed by atoms with van der Waals surface area (Å²) in [6, 6.07) is 8.11. The van der Waals surface area contributed by atoms with Crippen molar-refractivity contribution in [2.24, 2.45) is 0 Å². The smallest absolute Gasteiger partial charge is 0.237 e. The molecule has 1 aliphatic rings. The maximum absolute atomic E-state index is 5.67. The van der Waals surface area contributed by atoms with Gasteiger partial charge in [-0.3, -0.25) is 4.98 Å². The third-order valence-electron chi connectivity index (χ3n) is 3.30. The van der Waals surface area contributed by atoms with E-state index in [1.165, 1.54) is 5.69 Å². The predicted octanol–water partition coefficient (Wildman–Crippen LogP) is 1.99. The minimum Gasteiger partial charge on any atom is -0.438 e. The van der Waals surface area contributed by atoms with Gasteiger partial charge in [0.15, 0.2) is 0 Å². The number of ether oxygens (including phenoxy) is 1. The van der Waals surface area contributed by atoms with Crippen molar-refractivity contribution in [3.63, 3.8) is 0 Å². The molecule has 5 heteroatoms. The molecule has 0 radical (unpaired) electrons. The Labute approximate surface area is 118 Å². The Morgan fingerprint density at radius 3 is 2.45 bits per heavy atom. The summed E-state index contributed by atoms with van der Waals surface area (Å²) >= 11 is 0. The number of hydrogen-bond donors (Lipinski definition) is 1. The lowest BCUT2D eigenvalue weighted by atomic mass is 10.2. The zero-order valence-electron chi connectivity index (χ0n) is 11.5. The Kier molecular flexibility index (Phi) is 3.78. The largest absolute Gasteiger partial charge is 0.438 e. The summed E-state index contributed by atoms with van der Waals surface area (Å²) in [5.74, 6) is 1.30. The summed E-state index contributed by atoms with van der Waals surface area (Å²) in [6.45, 7) is 6.07. The van der Waals surface area contributed by atoms with Crippen molar-refractivity contribution in [2.75, 3.05) is 31.1 Å². The van der Waals surface area contributed by atoms with Crippen molar-refractivity contribution in [1.29, 1.82) is 0 Å². The van der Waals surface area contributed by atoms with Crippen molar-refractivity contribution in [1.82, 2.24) is 15.3 Å². The van der Waals surface area contributed by atoms with Crippen molar-refractivity contribution in [3.05, 3.63) is 42.4 Å². The van der Waals surface area contributed by atoms with Gasteiger partial charge in [-0.05, 0) is 31.2 Å². The predicted molar refractivity (Wildman–Crippen MR) is 78.4 cm³/mol. The molecule has 0 amide bonds. The quantitative estimate of drug-likeness (QED) is 0.924. The third kappa shape index (κ3) is 3.05. The summed E-state index contributed by atoms with van der Waals surface area (Å²) < 4.78 is 5.67. The van der Waals surface area contributed by atoms with Gasteiger partial charge in [0.25, 0.3) is 0 Å². The Morgan fingerprint density at radius 2 is 1.80 bits per heavy atom. The molecule has 0 unspecified atom stereocenters. The van der Waals surface area contributed by atoms with Gasteiger partial charge in [0.2, 0.25) is 5.88 Å². The van der Waals surface area contributed by atoms with Crippen LogP contribution in [0, 0.1) is 6.92 Å². The summed E-state index contributed by atoms with van der Waals surface area (Å²) in [4.78, 5) is 10.7. The van der Waals surface area contributed by atoms with Gasteiger partial charge in [-0.15, -0.1) is 0 Å². The highest BCUT2D eigenvalue weighted by Gasteiger charge is 2.10. The Morgan fingerprint density at radius 1 is 1.05 bits per heavy atom. The van der Waals surface area contributed by atoms with Gasteiger partial charge in [-0.1, -0.05) is 0 Å². The second-order valence-electron chi connectivity index (χ2n) is 4.83. The third-order valence-corrected chi connectivity index (χ3v) is 3.30. The maximum atomic E-state index is 5.67. The molecule has 2 aromatic rings. The fraction of sp³-hybridized carbons (Fsp3) is 0.333. The molecule has 3 rings (SSSR count). The molecule has 104 valence electrons. The number of nitrogens with one attached hydrogen (secondary N) is 1. The van der Waals surface area contributed by atoms with E-state index >= 15 is 0 Å². The molecular formula is C15H18N4O. The highest BCUT2D eigenvalue weighted by molar-refractivity contribution is 5.49. The minimum absolute atomic E-state index is 0.519. The molecule has 1 aliphatic heterocycles. The van der Waals surface area contributed by atoms with Gasteiger partial charge in [0, 0.05) is 31.9 Å². The van der Waals surface area contributed by atoms with Crippen molar-refractivity contribution in [3.8, 4) is 11.6 Å². The highest BCUT2D eigenvalue weighted by atomic mass is 16.5. The summed E-state index contributed by atoms with van der Waals surface area (Å²) in [5.41, 5.74) is 2.11. The van der Waals surface area contributed by atoms with Gasteiger partial charge in [0.05, 0.1) is 18.1 Å². The topological polar surface area (TPSA) is 50.3 Å². The van der Waals surface area contributed by atoms with Crippen LogP contribution in [0.25, 0.3) is 0 Å². The summed E-state index contributed by atoms with van der Waals surface area (Å²) in [6.07, 6.45) is 3.34. The van der Waals surface area contributed by atoms with E-state index in [1.54, 1.807) is 12.4 Å². The summed E-state index contributed by atoms with van der Waals surface area (Å²) in [7, 11) is 0. The fourth-order valence-corrected chi connectivity index (χ4v) is 2.20. The van der Waals surface area contributed by atoms with Gasteiger partial charge in [-0.2, -0.15) is 0 Å². The number of hydrogen-bond acceptors (Lipinski definition) is 5. The van der Waals surface area contributed by atoms with E-state index in [1.807, 2.05) is 19.1 Å².